The van der Waals surface area contributed by atoms with Gasteiger partial charge >= 0.3 is 0 Å². The van der Waals surface area contributed by atoms with Crippen LogP contribution in [0.15, 0.2) is 48.7 Å². The molecule has 1 fully saturated rings. The predicted octanol–water partition coefficient (Wildman–Crippen LogP) is 2.85. The highest BCUT2D eigenvalue weighted by Gasteiger charge is 2.34. The van der Waals surface area contributed by atoms with E-state index in [1.807, 2.05) is 18.3 Å². The van der Waals surface area contributed by atoms with Crippen molar-refractivity contribution in [3.63, 3.8) is 0 Å². The van der Waals surface area contributed by atoms with E-state index in [-0.39, 0.29) is 11.9 Å². The van der Waals surface area contributed by atoms with Crippen LogP contribution in [0.25, 0.3) is 5.65 Å². The SMILES string of the molecule is Cc1cccc2ncc(CN3Cc4ccccc4C[C@@H]3C(=O)NC3CC3)n12. The van der Waals surface area contributed by atoms with Gasteiger partial charge in [0, 0.05) is 24.8 Å². The fraction of sp³-hybridized carbons (Fsp3) is 0.364. The molecule has 1 aliphatic carbocycles. The van der Waals surface area contributed by atoms with Gasteiger partial charge in [-0.3, -0.25) is 9.69 Å². The molecule has 0 saturated heterocycles. The maximum absolute atomic E-state index is 13.0. The molecule has 3 aromatic rings. The zero-order chi connectivity index (χ0) is 18.4. The summed E-state index contributed by atoms with van der Waals surface area (Å²) in [7, 11) is 0. The molecule has 27 heavy (non-hydrogen) atoms. The van der Waals surface area contributed by atoms with Crippen molar-refractivity contribution in [2.75, 3.05) is 0 Å². The van der Waals surface area contributed by atoms with Crippen molar-refractivity contribution in [3.8, 4) is 0 Å². The van der Waals surface area contributed by atoms with Crippen LogP contribution in [0, 0.1) is 6.92 Å². The summed E-state index contributed by atoms with van der Waals surface area (Å²) in [6.45, 7) is 3.60. The molecule has 138 valence electrons. The fourth-order valence-electron chi connectivity index (χ4n) is 4.12. The van der Waals surface area contributed by atoms with Gasteiger partial charge in [-0.2, -0.15) is 0 Å². The van der Waals surface area contributed by atoms with Gasteiger partial charge in [0.2, 0.25) is 5.91 Å². The molecule has 2 aromatic heterocycles. The standard InChI is InChI=1S/C22H24N4O/c1-15-5-4-8-21-23-12-19(26(15)21)14-25-13-17-7-3-2-6-16(17)11-20(25)22(27)24-18-9-10-18/h2-8,12,18,20H,9-11,13-14H2,1H3,(H,24,27)/t20-/m1/s1. The summed E-state index contributed by atoms with van der Waals surface area (Å²) in [5.74, 6) is 0.164. The third-order valence-corrected chi connectivity index (χ3v) is 5.73. The van der Waals surface area contributed by atoms with Crippen molar-refractivity contribution in [1.82, 2.24) is 19.6 Å². The van der Waals surface area contributed by atoms with Crippen molar-refractivity contribution in [1.29, 1.82) is 0 Å². The Bertz CT molecular complexity index is 1000. The minimum Gasteiger partial charge on any atom is -0.352 e. The number of amides is 1. The summed E-state index contributed by atoms with van der Waals surface area (Å²) in [5.41, 5.74) is 5.86. The van der Waals surface area contributed by atoms with E-state index in [1.165, 1.54) is 11.1 Å². The number of nitrogens with one attached hydrogen (secondary N) is 1. The van der Waals surface area contributed by atoms with Gasteiger partial charge < -0.3 is 9.72 Å². The van der Waals surface area contributed by atoms with Gasteiger partial charge in [0.25, 0.3) is 0 Å². The Morgan fingerprint density at radius 2 is 1.96 bits per heavy atom. The van der Waals surface area contributed by atoms with Gasteiger partial charge in [-0.25, -0.2) is 4.98 Å². The van der Waals surface area contributed by atoms with E-state index >= 15 is 0 Å². The lowest BCUT2D eigenvalue weighted by Gasteiger charge is -2.36. The minimum atomic E-state index is -0.130. The topological polar surface area (TPSA) is 49.6 Å². The molecule has 0 unspecified atom stereocenters. The summed E-state index contributed by atoms with van der Waals surface area (Å²) in [6.07, 6.45) is 4.94. The maximum atomic E-state index is 13.0. The number of carbonyl (C=O) groups is 1. The van der Waals surface area contributed by atoms with Crippen LogP contribution in [0.4, 0.5) is 0 Å². The first-order valence-corrected chi connectivity index (χ1v) is 9.72. The summed E-state index contributed by atoms with van der Waals surface area (Å²) in [6, 6.07) is 14.9. The Balaban J connectivity index is 1.48. The molecule has 0 radical (unpaired) electrons. The fourth-order valence-corrected chi connectivity index (χ4v) is 4.12. The van der Waals surface area contributed by atoms with E-state index in [2.05, 4.69) is 56.9 Å². The Kier molecular flexibility index (Phi) is 3.97. The summed E-state index contributed by atoms with van der Waals surface area (Å²) in [5, 5.41) is 3.21. The van der Waals surface area contributed by atoms with E-state index in [9.17, 15) is 4.79 Å². The van der Waals surface area contributed by atoms with Crippen LogP contribution in [0.5, 0.6) is 0 Å². The number of carbonyl (C=O) groups excluding carboxylic acids is 1. The molecule has 1 saturated carbocycles. The monoisotopic (exact) mass is 360 g/mol. The van der Waals surface area contributed by atoms with Gasteiger partial charge in [-0.05, 0) is 49.4 Å². The normalized spacial score (nSPS) is 19.8. The van der Waals surface area contributed by atoms with E-state index in [0.29, 0.717) is 12.6 Å². The molecule has 1 aliphatic heterocycles. The van der Waals surface area contributed by atoms with Crippen LogP contribution in [0.1, 0.15) is 35.4 Å². The third-order valence-electron chi connectivity index (χ3n) is 5.73. The number of pyridine rings is 1. The van der Waals surface area contributed by atoms with Crippen molar-refractivity contribution < 1.29 is 4.79 Å². The Morgan fingerprint density at radius 1 is 1.15 bits per heavy atom. The molecule has 1 amide bonds. The number of benzene rings is 1. The van der Waals surface area contributed by atoms with Crippen molar-refractivity contribution >= 4 is 11.6 Å². The lowest BCUT2D eigenvalue weighted by Crippen LogP contribution is -2.50. The first-order chi connectivity index (χ1) is 13.2. The smallest absolute Gasteiger partial charge is 0.237 e. The van der Waals surface area contributed by atoms with Gasteiger partial charge in [0.1, 0.15) is 5.65 Å². The Hall–Kier alpha value is -2.66. The molecule has 1 aromatic carbocycles. The highest BCUT2D eigenvalue weighted by atomic mass is 16.2. The molecular weight excluding hydrogens is 336 g/mol. The van der Waals surface area contributed by atoms with Crippen LogP contribution in [0.2, 0.25) is 0 Å². The highest BCUT2D eigenvalue weighted by Crippen LogP contribution is 2.27. The van der Waals surface area contributed by atoms with Crippen LogP contribution in [0.3, 0.4) is 0 Å². The number of rotatable bonds is 4. The zero-order valence-corrected chi connectivity index (χ0v) is 15.6. The number of aryl methyl sites for hydroxylation is 1. The van der Waals surface area contributed by atoms with Gasteiger partial charge in [0.15, 0.2) is 0 Å². The molecule has 3 heterocycles. The second-order valence-corrected chi connectivity index (χ2v) is 7.79. The minimum absolute atomic E-state index is 0.130. The largest absolute Gasteiger partial charge is 0.352 e. The number of imidazole rings is 1. The lowest BCUT2D eigenvalue weighted by molar-refractivity contribution is -0.127. The van der Waals surface area contributed by atoms with Crippen molar-refractivity contribution in [3.05, 3.63) is 71.2 Å². The summed E-state index contributed by atoms with van der Waals surface area (Å²) in [4.78, 5) is 19.8. The third kappa shape index (κ3) is 3.12. The number of nitrogens with zero attached hydrogens (tertiary/aromatic N) is 3. The Labute approximate surface area is 159 Å². The van der Waals surface area contributed by atoms with Crippen LogP contribution in [-0.2, 0) is 24.3 Å². The molecule has 5 rings (SSSR count). The van der Waals surface area contributed by atoms with Crippen LogP contribution in [-0.4, -0.2) is 32.3 Å². The average molecular weight is 360 g/mol. The van der Waals surface area contributed by atoms with Crippen LogP contribution >= 0.6 is 0 Å². The lowest BCUT2D eigenvalue weighted by atomic mass is 9.93. The quantitative estimate of drug-likeness (QED) is 0.778. The molecule has 1 atom stereocenters. The zero-order valence-electron chi connectivity index (χ0n) is 15.6. The number of fused-ring (bicyclic) bond motifs is 2. The molecule has 0 spiro atoms. The second-order valence-electron chi connectivity index (χ2n) is 7.79. The van der Waals surface area contributed by atoms with E-state index in [1.54, 1.807) is 0 Å². The summed E-state index contributed by atoms with van der Waals surface area (Å²) < 4.78 is 2.19. The molecule has 1 N–H and O–H groups in total. The average Bonchev–Trinajstić information content (AvgIpc) is 3.39. The first-order valence-electron chi connectivity index (χ1n) is 9.72. The first kappa shape index (κ1) is 16.5. The van der Waals surface area contributed by atoms with Crippen molar-refractivity contribution in [2.45, 2.75) is 51.4 Å². The number of aromatic nitrogens is 2. The molecule has 5 heteroatoms. The number of hydrogen-bond acceptors (Lipinski definition) is 3. The molecular formula is C22H24N4O. The predicted molar refractivity (Wildman–Crippen MR) is 104 cm³/mol. The maximum Gasteiger partial charge on any atom is 0.237 e. The number of hydrogen-bond donors (Lipinski definition) is 1. The molecule has 5 nitrogen and oxygen atoms in total. The van der Waals surface area contributed by atoms with E-state index in [4.69, 9.17) is 0 Å². The van der Waals surface area contributed by atoms with E-state index < -0.39 is 0 Å². The van der Waals surface area contributed by atoms with Gasteiger partial charge in [-0.1, -0.05) is 30.3 Å². The highest BCUT2D eigenvalue weighted by molar-refractivity contribution is 5.83. The van der Waals surface area contributed by atoms with Gasteiger partial charge in [-0.15, -0.1) is 0 Å². The molecule has 2 aliphatic rings. The van der Waals surface area contributed by atoms with Gasteiger partial charge in [0.05, 0.1) is 17.9 Å². The van der Waals surface area contributed by atoms with Crippen LogP contribution < -0.4 is 5.32 Å². The Morgan fingerprint density at radius 3 is 2.78 bits per heavy atom. The molecule has 0 bridgehead atoms. The van der Waals surface area contributed by atoms with Crippen molar-refractivity contribution in [2.24, 2.45) is 0 Å². The summed E-state index contributed by atoms with van der Waals surface area (Å²) >= 11 is 0. The second kappa shape index (κ2) is 6.50. The van der Waals surface area contributed by atoms with E-state index in [0.717, 1.165) is 42.8 Å².